The van der Waals surface area contributed by atoms with Crippen molar-refractivity contribution in [3.63, 3.8) is 0 Å². The highest BCUT2D eigenvalue weighted by atomic mass is 19.2. The van der Waals surface area contributed by atoms with Gasteiger partial charge in [-0.15, -0.1) is 0 Å². The van der Waals surface area contributed by atoms with E-state index in [0.29, 0.717) is 0 Å². The van der Waals surface area contributed by atoms with Gasteiger partial charge in [-0.25, -0.2) is 22.4 Å². The number of halogens is 4. The Balaban J connectivity index is 1.47. The van der Waals surface area contributed by atoms with Gasteiger partial charge in [0.1, 0.15) is 5.82 Å². The lowest BCUT2D eigenvalue weighted by Crippen LogP contribution is -2.48. The molecule has 1 saturated carbocycles. The zero-order valence-electron chi connectivity index (χ0n) is 16.3. The Bertz CT molecular complexity index is 1140. The van der Waals surface area contributed by atoms with E-state index in [1.54, 1.807) is 23.2 Å². The standard InChI is InChI=1S/C22H18F4N4O/c23-13-6-4-12(5-7-13)15-10-27-30-19-3-1-2-18(19)29(11-20(15)30)22(31)28-14-8-16(24)21(26)17(25)9-14/h4-10,18-19H,1-3,11H2,(H,28,31)/t18-,19+/m1/s1. The number of amides is 2. The Morgan fingerprint density at radius 1 is 1.00 bits per heavy atom. The molecule has 0 saturated heterocycles. The fourth-order valence-electron chi connectivity index (χ4n) is 4.60. The first-order valence-electron chi connectivity index (χ1n) is 9.97. The molecule has 1 aromatic heterocycles. The highest BCUT2D eigenvalue weighted by Crippen LogP contribution is 2.41. The molecular formula is C22H18F4N4O. The molecule has 0 spiro atoms. The molecule has 3 aromatic rings. The summed E-state index contributed by atoms with van der Waals surface area (Å²) in [5.41, 5.74) is 2.22. The Morgan fingerprint density at radius 3 is 2.39 bits per heavy atom. The van der Waals surface area contributed by atoms with Crippen LogP contribution in [-0.4, -0.2) is 26.8 Å². The summed E-state index contributed by atoms with van der Waals surface area (Å²) < 4.78 is 55.6. The van der Waals surface area contributed by atoms with Crippen molar-refractivity contribution in [1.82, 2.24) is 14.7 Å². The number of carbonyl (C=O) groups is 1. The summed E-state index contributed by atoms with van der Waals surface area (Å²) in [7, 11) is 0. The zero-order valence-corrected chi connectivity index (χ0v) is 16.3. The first-order valence-corrected chi connectivity index (χ1v) is 9.97. The van der Waals surface area contributed by atoms with Crippen LogP contribution in [0.1, 0.15) is 31.0 Å². The van der Waals surface area contributed by atoms with Crippen LogP contribution in [0.4, 0.5) is 28.0 Å². The molecular weight excluding hydrogens is 412 g/mol. The summed E-state index contributed by atoms with van der Waals surface area (Å²) in [6, 6.07) is 6.87. The predicted octanol–water partition coefficient (Wildman–Crippen LogP) is 5.25. The number of urea groups is 1. The maximum Gasteiger partial charge on any atom is 0.322 e. The number of fused-ring (bicyclic) bond motifs is 3. The molecule has 0 bridgehead atoms. The number of rotatable bonds is 2. The van der Waals surface area contributed by atoms with Crippen molar-refractivity contribution in [1.29, 1.82) is 0 Å². The summed E-state index contributed by atoms with van der Waals surface area (Å²) >= 11 is 0. The fraction of sp³-hybridized carbons (Fsp3) is 0.273. The van der Waals surface area contributed by atoms with E-state index >= 15 is 0 Å². The second-order valence-electron chi connectivity index (χ2n) is 7.83. The van der Waals surface area contributed by atoms with Gasteiger partial charge in [0.05, 0.1) is 30.5 Å². The normalized spacial score (nSPS) is 19.8. The Hall–Kier alpha value is -3.36. The van der Waals surface area contributed by atoms with Gasteiger partial charge >= 0.3 is 6.03 Å². The smallest absolute Gasteiger partial charge is 0.313 e. The van der Waals surface area contributed by atoms with Gasteiger partial charge in [0, 0.05) is 23.4 Å². The molecule has 0 radical (unpaired) electrons. The number of carbonyl (C=O) groups excluding carboxylic acids is 1. The van der Waals surface area contributed by atoms with Crippen LogP contribution in [0.5, 0.6) is 0 Å². The fourth-order valence-corrected chi connectivity index (χ4v) is 4.60. The molecule has 1 aliphatic carbocycles. The van der Waals surface area contributed by atoms with E-state index in [0.717, 1.165) is 48.2 Å². The van der Waals surface area contributed by atoms with Gasteiger partial charge in [-0.3, -0.25) is 4.68 Å². The summed E-state index contributed by atoms with van der Waals surface area (Å²) in [5.74, 6) is -4.67. The van der Waals surface area contributed by atoms with E-state index < -0.39 is 23.5 Å². The summed E-state index contributed by atoms with van der Waals surface area (Å²) in [5, 5.41) is 7.02. The second kappa shape index (κ2) is 7.40. The summed E-state index contributed by atoms with van der Waals surface area (Å²) in [6.45, 7) is 0.228. The maximum atomic E-state index is 13.6. The average Bonchev–Trinajstić information content (AvgIpc) is 3.38. The van der Waals surface area contributed by atoms with Crippen LogP contribution in [0.2, 0.25) is 0 Å². The molecule has 160 valence electrons. The van der Waals surface area contributed by atoms with Crippen molar-refractivity contribution >= 4 is 11.7 Å². The lowest BCUT2D eigenvalue weighted by Gasteiger charge is -2.38. The number of hydrogen-bond acceptors (Lipinski definition) is 2. The number of benzene rings is 2. The monoisotopic (exact) mass is 430 g/mol. The Morgan fingerprint density at radius 2 is 1.68 bits per heavy atom. The minimum atomic E-state index is -1.58. The van der Waals surface area contributed by atoms with E-state index in [-0.39, 0.29) is 30.1 Å². The van der Waals surface area contributed by atoms with E-state index in [9.17, 15) is 22.4 Å². The average molecular weight is 430 g/mol. The number of nitrogens with zero attached hydrogens (tertiary/aromatic N) is 3. The third-order valence-corrected chi connectivity index (χ3v) is 6.03. The first kappa shape index (κ1) is 19.6. The number of aromatic nitrogens is 2. The van der Waals surface area contributed by atoms with Gasteiger partial charge in [0.2, 0.25) is 0 Å². The number of hydrogen-bond donors (Lipinski definition) is 1. The molecule has 2 aromatic carbocycles. The van der Waals surface area contributed by atoms with Crippen LogP contribution in [-0.2, 0) is 6.54 Å². The minimum Gasteiger partial charge on any atom is -0.313 e. The van der Waals surface area contributed by atoms with Crippen LogP contribution in [0.25, 0.3) is 11.1 Å². The lowest BCUT2D eigenvalue weighted by atomic mass is 10.0. The highest BCUT2D eigenvalue weighted by Gasteiger charge is 2.42. The maximum absolute atomic E-state index is 13.6. The minimum absolute atomic E-state index is 0.0228. The van der Waals surface area contributed by atoms with Gasteiger partial charge in [0.25, 0.3) is 0 Å². The Kier molecular flexibility index (Phi) is 4.68. The van der Waals surface area contributed by atoms with Gasteiger partial charge < -0.3 is 10.2 Å². The van der Waals surface area contributed by atoms with Crippen LogP contribution in [0.15, 0.2) is 42.6 Å². The molecule has 2 amide bonds. The number of anilines is 1. The molecule has 0 unspecified atom stereocenters. The molecule has 9 heteroatoms. The van der Waals surface area contributed by atoms with E-state index in [2.05, 4.69) is 10.4 Å². The van der Waals surface area contributed by atoms with Gasteiger partial charge in [-0.1, -0.05) is 12.1 Å². The van der Waals surface area contributed by atoms with E-state index in [1.165, 1.54) is 12.1 Å². The predicted molar refractivity (Wildman–Crippen MR) is 105 cm³/mol. The molecule has 1 N–H and O–H groups in total. The lowest BCUT2D eigenvalue weighted by molar-refractivity contribution is 0.139. The van der Waals surface area contributed by atoms with Crippen LogP contribution >= 0.6 is 0 Å². The van der Waals surface area contributed by atoms with Crippen LogP contribution < -0.4 is 5.32 Å². The van der Waals surface area contributed by atoms with Crippen molar-refractivity contribution in [3.05, 3.63) is 71.6 Å². The first-order chi connectivity index (χ1) is 14.9. The number of nitrogens with one attached hydrogen (secondary N) is 1. The van der Waals surface area contributed by atoms with Crippen LogP contribution in [0, 0.1) is 23.3 Å². The third-order valence-electron chi connectivity index (χ3n) is 6.03. The molecule has 31 heavy (non-hydrogen) atoms. The summed E-state index contributed by atoms with van der Waals surface area (Å²) in [6.07, 6.45) is 4.23. The van der Waals surface area contributed by atoms with Crippen molar-refractivity contribution < 1.29 is 22.4 Å². The van der Waals surface area contributed by atoms with E-state index in [4.69, 9.17) is 0 Å². The Labute approximate surface area is 175 Å². The molecule has 2 aliphatic rings. The topological polar surface area (TPSA) is 50.2 Å². The SMILES string of the molecule is O=C(Nc1cc(F)c(F)c(F)c1)N1Cc2c(-c3ccc(F)cc3)cnn2[C@H]2CCC[C@H]21. The van der Waals surface area contributed by atoms with Crippen molar-refractivity contribution in [3.8, 4) is 11.1 Å². The summed E-state index contributed by atoms with van der Waals surface area (Å²) in [4.78, 5) is 14.7. The van der Waals surface area contributed by atoms with Crippen molar-refractivity contribution in [2.75, 3.05) is 5.32 Å². The molecule has 1 fully saturated rings. The molecule has 5 nitrogen and oxygen atoms in total. The molecule has 1 aliphatic heterocycles. The second-order valence-corrected chi connectivity index (χ2v) is 7.83. The van der Waals surface area contributed by atoms with Gasteiger partial charge in [-0.05, 0) is 37.0 Å². The zero-order chi connectivity index (χ0) is 21.7. The third kappa shape index (κ3) is 3.34. The van der Waals surface area contributed by atoms with Crippen LogP contribution in [0.3, 0.4) is 0 Å². The van der Waals surface area contributed by atoms with Crippen molar-refractivity contribution in [2.24, 2.45) is 0 Å². The van der Waals surface area contributed by atoms with Crippen molar-refractivity contribution in [2.45, 2.75) is 37.9 Å². The van der Waals surface area contributed by atoms with E-state index in [1.807, 2.05) is 4.68 Å². The van der Waals surface area contributed by atoms with Gasteiger partial charge in [-0.2, -0.15) is 5.10 Å². The largest absolute Gasteiger partial charge is 0.322 e. The quantitative estimate of drug-likeness (QED) is 0.446. The molecule has 2 heterocycles. The highest BCUT2D eigenvalue weighted by molar-refractivity contribution is 5.90. The molecule has 5 rings (SSSR count). The van der Waals surface area contributed by atoms with Gasteiger partial charge in [0.15, 0.2) is 17.5 Å². The molecule has 2 atom stereocenters.